The average molecular weight is 489 g/mol. The standard InChI is InChI=1S/C18H27N5OS.HI/c1-6-19-18(21-10-16-13(2)8-7-9-20-16)23(4)11-15-12-25-17(22-15)14(3)24-5;/h7-9,12,14H,6,10-11H2,1-5H3,(H,19,21);1H. The highest BCUT2D eigenvalue weighted by atomic mass is 127. The maximum Gasteiger partial charge on any atom is 0.194 e. The summed E-state index contributed by atoms with van der Waals surface area (Å²) in [7, 11) is 3.72. The number of hydrogen-bond donors (Lipinski definition) is 1. The van der Waals surface area contributed by atoms with Crippen LogP contribution >= 0.6 is 35.3 Å². The highest BCUT2D eigenvalue weighted by Gasteiger charge is 2.12. The van der Waals surface area contributed by atoms with E-state index in [1.54, 1.807) is 18.4 Å². The number of guanidine groups is 1. The van der Waals surface area contributed by atoms with Gasteiger partial charge in [-0.2, -0.15) is 0 Å². The van der Waals surface area contributed by atoms with Crippen molar-refractivity contribution in [1.82, 2.24) is 20.2 Å². The summed E-state index contributed by atoms with van der Waals surface area (Å²) in [5, 5.41) is 6.41. The molecule has 8 heteroatoms. The van der Waals surface area contributed by atoms with Gasteiger partial charge in [-0.15, -0.1) is 35.3 Å². The fourth-order valence-corrected chi connectivity index (χ4v) is 3.15. The molecule has 0 bridgehead atoms. The molecule has 26 heavy (non-hydrogen) atoms. The Hall–Kier alpha value is -1.26. The fraction of sp³-hybridized carbons (Fsp3) is 0.500. The summed E-state index contributed by atoms with van der Waals surface area (Å²) in [6, 6.07) is 4.00. The lowest BCUT2D eigenvalue weighted by Gasteiger charge is -2.21. The summed E-state index contributed by atoms with van der Waals surface area (Å²) in [4.78, 5) is 15.9. The van der Waals surface area contributed by atoms with Crippen LogP contribution in [-0.2, 0) is 17.8 Å². The Labute approximate surface area is 177 Å². The van der Waals surface area contributed by atoms with Crippen molar-refractivity contribution in [1.29, 1.82) is 0 Å². The van der Waals surface area contributed by atoms with Crippen molar-refractivity contribution >= 4 is 41.3 Å². The van der Waals surface area contributed by atoms with E-state index in [0.717, 1.165) is 34.5 Å². The number of halogens is 1. The van der Waals surface area contributed by atoms with Crippen LogP contribution in [0.25, 0.3) is 0 Å². The summed E-state index contributed by atoms with van der Waals surface area (Å²) in [6.07, 6.45) is 1.83. The van der Waals surface area contributed by atoms with Gasteiger partial charge in [-0.3, -0.25) is 4.98 Å². The minimum atomic E-state index is 0. The first-order valence-corrected chi connectivity index (χ1v) is 9.30. The van der Waals surface area contributed by atoms with Gasteiger partial charge in [0.1, 0.15) is 11.1 Å². The van der Waals surface area contributed by atoms with Gasteiger partial charge in [0.2, 0.25) is 0 Å². The number of aliphatic imine (C=N–C) groups is 1. The Morgan fingerprint density at radius 2 is 2.23 bits per heavy atom. The topological polar surface area (TPSA) is 62.6 Å². The smallest absolute Gasteiger partial charge is 0.194 e. The van der Waals surface area contributed by atoms with Crippen LogP contribution in [0.5, 0.6) is 0 Å². The molecule has 1 atom stereocenters. The molecule has 1 N–H and O–H groups in total. The van der Waals surface area contributed by atoms with Crippen molar-refractivity contribution in [3.63, 3.8) is 0 Å². The lowest BCUT2D eigenvalue weighted by Crippen LogP contribution is -2.38. The van der Waals surface area contributed by atoms with Crippen LogP contribution in [0, 0.1) is 6.92 Å². The van der Waals surface area contributed by atoms with Crippen LogP contribution in [0.2, 0.25) is 0 Å². The Balaban J connectivity index is 0.00000338. The number of aromatic nitrogens is 2. The van der Waals surface area contributed by atoms with Crippen molar-refractivity contribution in [2.24, 2.45) is 4.99 Å². The molecule has 0 saturated carbocycles. The molecule has 0 aliphatic heterocycles. The summed E-state index contributed by atoms with van der Waals surface area (Å²) >= 11 is 1.63. The fourth-order valence-electron chi connectivity index (χ4n) is 2.30. The average Bonchev–Trinajstić information content (AvgIpc) is 3.07. The zero-order chi connectivity index (χ0) is 18.2. The first kappa shape index (κ1) is 22.8. The van der Waals surface area contributed by atoms with Gasteiger partial charge in [-0.25, -0.2) is 9.98 Å². The van der Waals surface area contributed by atoms with Crippen LogP contribution < -0.4 is 5.32 Å². The summed E-state index contributed by atoms with van der Waals surface area (Å²) in [5.74, 6) is 0.849. The van der Waals surface area contributed by atoms with Gasteiger partial charge in [0.15, 0.2) is 5.96 Å². The number of rotatable bonds is 7. The quantitative estimate of drug-likeness (QED) is 0.365. The Morgan fingerprint density at radius 1 is 1.46 bits per heavy atom. The van der Waals surface area contributed by atoms with Gasteiger partial charge in [-0.05, 0) is 32.4 Å². The molecule has 2 rings (SSSR count). The van der Waals surface area contributed by atoms with E-state index in [1.807, 2.05) is 26.2 Å². The number of thiazole rings is 1. The Bertz CT molecular complexity index is 706. The van der Waals surface area contributed by atoms with E-state index in [9.17, 15) is 0 Å². The van der Waals surface area contributed by atoms with E-state index in [0.29, 0.717) is 13.1 Å². The lowest BCUT2D eigenvalue weighted by atomic mass is 10.2. The minimum absolute atomic E-state index is 0. The van der Waals surface area contributed by atoms with Crippen molar-refractivity contribution in [2.75, 3.05) is 20.7 Å². The zero-order valence-corrected chi connectivity index (χ0v) is 19.2. The molecule has 0 aliphatic rings. The molecule has 0 radical (unpaired) electrons. The van der Waals surface area contributed by atoms with E-state index in [2.05, 4.69) is 45.5 Å². The minimum Gasteiger partial charge on any atom is -0.375 e. The highest BCUT2D eigenvalue weighted by molar-refractivity contribution is 14.0. The van der Waals surface area contributed by atoms with Gasteiger partial charge in [0, 0.05) is 32.3 Å². The molecular weight excluding hydrogens is 461 g/mol. The summed E-state index contributed by atoms with van der Waals surface area (Å²) in [6.45, 7) is 8.20. The third kappa shape index (κ3) is 6.48. The number of nitrogens with zero attached hydrogens (tertiary/aromatic N) is 4. The van der Waals surface area contributed by atoms with Crippen LogP contribution in [-0.4, -0.2) is 41.5 Å². The predicted molar refractivity (Wildman–Crippen MR) is 118 cm³/mol. The normalized spacial score (nSPS) is 12.4. The number of ether oxygens (including phenoxy) is 1. The summed E-state index contributed by atoms with van der Waals surface area (Å²) < 4.78 is 5.33. The zero-order valence-electron chi connectivity index (χ0n) is 16.0. The van der Waals surface area contributed by atoms with Crippen molar-refractivity contribution < 1.29 is 4.74 Å². The van der Waals surface area contributed by atoms with E-state index >= 15 is 0 Å². The molecular formula is C18H28IN5OS. The van der Waals surface area contributed by atoms with Gasteiger partial charge >= 0.3 is 0 Å². The number of aryl methyl sites for hydroxylation is 1. The summed E-state index contributed by atoms with van der Waals surface area (Å²) in [5.41, 5.74) is 3.17. The molecule has 2 heterocycles. The molecule has 0 saturated heterocycles. The molecule has 0 aromatic carbocycles. The van der Waals surface area contributed by atoms with E-state index in [-0.39, 0.29) is 30.1 Å². The molecule has 1 unspecified atom stereocenters. The van der Waals surface area contributed by atoms with Crippen LogP contribution in [0.4, 0.5) is 0 Å². The molecule has 144 valence electrons. The number of methoxy groups -OCH3 is 1. The maximum absolute atomic E-state index is 5.33. The van der Waals surface area contributed by atoms with E-state index in [1.165, 1.54) is 0 Å². The highest BCUT2D eigenvalue weighted by Crippen LogP contribution is 2.20. The molecule has 0 aliphatic carbocycles. The van der Waals surface area contributed by atoms with Gasteiger partial charge in [-0.1, -0.05) is 6.07 Å². The third-order valence-corrected chi connectivity index (χ3v) is 4.92. The Morgan fingerprint density at radius 3 is 2.88 bits per heavy atom. The van der Waals surface area contributed by atoms with Gasteiger partial charge in [0.05, 0.1) is 24.5 Å². The monoisotopic (exact) mass is 489 g/mol. The lowest BCUT2D eigenvalue weighted by molar-refractivity contribution is 0.119. The van der Waals surface area contributed by atoms with E-state index < -0.39 is 0 Å². The van der Waals surface area contributed by atoms with Crippen molar-refractivity contribution in [3.05, 3.63) is 45.7 Å². The predicted octanol–water partition coefficient (Wildman–Crippen LogP) is 3.77. The maximum atomic E-state index is 5.33. The molecule has 0 spiro atoms. The van der Waals surface area contributed by atoms with Crippen molar-refractivity contribution in [3.8, 4) is 0 Å². The van der Waals surface area contributed by atoms with Crippen LogP contribution in [0.1, 0.15) is 41.9 Å². The molecule has 0 fully saturated rings. The number of hydrogen-bond acceptors (Lipinski definition) is 5. The van der Waals surface area contributed by atoms with Crippen molar-refractivity contribution in [2.45, 2.75) is 40.0 Å². The molecule has 2 aromatic rings. The van der Waals surface area contributed by atoms with Gasteiger partial charge in [0.25, 0.3) is 0 Å². The van der Waals surface area contributed by atoms with Crippen LogP contribution in [0.3, 0.4) is 0 Å². The Kier molecular flexibility index (Phi) is 10.0. The second kappa shape index (κ2) is 11.5. The molecule has 6 nitrogen and oxygen atoms in total. The number of nitrogens with one attached hydrogen (secondary N) is 1. The second-order valence-corrected chi connectivity index (χ2v) is 6.74. The number of pyridine rings is 1. The first-order valence-electron chi connectivity index (χ1n) is 8.42. The molecule has 0 amide bonds. The third-order valence-electron chi connectivity index (χ3n) is 3.86. The largest absolute Gasteiger partial charge is 0.375 e. The van der Waals surface area contributed by atoms with E-state index in [4.69, 9.17) is 9.73 Å². The second-order valence-electron chi connectivity index (χ2n) is 5.85. The SMILES string of the molecule is CCNC(=NCc1ncccc1C)N(C)Cc1csc(C(C)OC)n1.I. The van der Waals surface area contributed by atoms with Gasteiger partial charge < -0.3 is 15.0 Å². The van der Waals surface area contributed by atoms with Crippen LogP contribution in [0.15, 0.2) is 28.7 Å². The first-order chi connectivity index (χ1) is 12.0. The molecule has 2 aromatic heterocycles.